The number of halogens is 1. The Morgan fingerprint density at radius 1 is 1.24 bits per heavy atom. The first-order valence-corrected chi connectivity index (χ1v) is 13.5. The first-order chi connectivity index (χ1) is 18.2. The Kier molecular flexibility index (Phi) is 8.76. The highest BCUT2D eigenvalue weighted by Gasteiger charge is 2.32. The second kappa shape index (κ2) is 12.0. The van der Waals surface area contributed by atoms with Gasteiger partial charge in [0, 0.05) is 11.5 Å². The molecule has 0 radical (unpaired) electrons. The van der Waals surface area contributed by atoms with Gasteiger partial charge >= 0.3 is 5.97 Å². The van der Waals surface area contributed by atoms with Gasteiger partial charge < -0.3 is 15.2 Å². The van der Waals surface area contributed by atoms with Crippen LogP contribution in [0.3, 0.4) is 0 Å². The van der Waals surface area contributed by atoms with E-state index in [1.807, 2.05) is 25.3 Å². The first-order valence-electron chi connectivity index (χ1n) is 13.0. The molecule has 1 atom stereocenters. The lowest BCUT2D eigenvalue weighted by Crippen LogP contribution is -2.32. The van der Waals surface area contributed by atoms with E-state index in [-0.39, 0.29) is 24.6 Å². The van der Waals surface area contributed by atoms with Crippen LogP contribution >= 0.6 is 12.6 Å². The molecule has 0 spiro atoms. The van der Waals surface area contributed by atoms with E-state index in [2.05, 4.69) is 17.9 Å². The summed E-state index contributed by atoms with van der Waals surface area (Å²) in [6.07, 6.45) is 2.69. The van der Waals surface area contributed by atoms with Gasteiger partial charge in [-0.05, 0) is 55.4 Å². The molecule has 38 heavy (non-hydrogen) atoms. The zero-order chi connectivity index (χ0) is 27.4. The van der Waals surface area contributed by atoms with Gasteiger partial charge in [-0.1, -0.05) is 44.2 Å². The van der Waals surface area contributed by atoms with Crippen molar-refractivity contribution in [3.63, 3.8) is 0 Å². The minimum Gasteiger partial charge on any atom is -0.478 e. The summed E-state index contributed by atoms with van der Waals surface area (Å²) in [5.41, 5.74) is 3.12. The Balaban J connectivity index is 1.64. The number of carboxylic acid groups (broad SMARTS) is 1. The van der Waals surface area contributed by atoms with Gasteiger partial charge in [0.25, 0.3) is 6.01 Å². The van der Waals surface area contributed by atoms with Crippen molar-refractivity contribution in [2.75, 3.05) is 6.61 Å². The van der Waals surface area contributed by atoms with Crippen LogP contribution in [0.1, 0.15) is 73.3 Å². The van der Waals surface area contributed by atoms with Crippen LogP contribution in [-0.4, -0.2) is 38.4 Å². The third-order valence-corrected chi connectivity index (χ3v) is 7.03. The first kappa shape index (κ1) is 27.7. The Bertz CT molecular complexity index is 1320. The molecule has 1 heterocycles. The summed E-state index contributed by atoms with van der Waals surface area (Å²) in [5, 5.41) is 12.1. The number of aromatic nitrogens is 2. The monoisotopic (exact) mass is 539 g/mol. The van der Waals surface area contributed by atoms with Gasteiger partial charge in [0.05, 0.1) is 41.9 Å². The highest BCUT2D eigenvalue weighted by Crippen LogP contribution is 2.42. The highest BCUT2D eigenvalue weighted by atomic mass is 32.1. The fraction of sp³-hybridized carbons (Fsp3) is 0.414. The number of amides is 1. The van der Waals surface area contributed by atoms with E-state index < -0.39 is 17.0 Å². The molecule has 2 aromatic carbocycles. The Morgan fingerprint density at radius 3 is 2.61 bits per heavy atom. The van der Waals surface area contributed by atoms with Crippen LogP contribution in [0.4, 0.5) is 4.39 Å². The lowest BCUT2D eigenvalue weighted by molar-refractivity contribution is -0.121. The molecule has 202 valence electrons. The van der Waals surface area contributed by atoms with Crippen LogP contribution in [0.2, 0.25) is 0 Å². The van der Waals surface area contributed by atoms with Crippen molar-refractivity contribution in [1.29, 1.82) is 0 Å². The predicted molar refractivity (Wildman–Crippen MR) is 147 cm³/mol. The maximum atomic E-state index is 15.4. The number of hydrogen-bond donors (Lipinski definition) is 3. The molecule has 7 nitrogen and oxygen atoms in total. The average Bonchev–Trinajstić information content (AvgIpc) is 3.67. The number of ether oxygens (including phenoxy) is 1. The molecule has 1 saturated carbocycles. The van der Waals surface area contributed by atoms with E-state index in [1.165, 1.54) is 12.1 Å². The van der Waals surface area contributed by atoms with E-state index >= 15 is 4.39 Å². The second-order valence-corrected chi connectivity index (χ2v) is 10.7. The zero-order valence-corrected chi connectivity index (χ0v) is 22.8. The van der Waals surface area contributed by atoms with Crippen LogP contribution in [0, 0.1) is 11.7 Å². The number of imidazole rings is 1. The summed E-state index contributed by atoms with van der Waals surface area (Å²) >= 11 is 4.46. The van der Waals surface area contributed by atoms with E-state index in [0.717, 1.165) is 24.2 Å². The van der Waals surface area contributed by atoms with Crippen LogP contribution in [0.15, 0.2) is 42.5 Å². The molecule has 1 aliphatic carbocycles. The van der Waals surface area contributed by atoms with Gasteiger partial charge in [-0.2, -0.15) is 17.6 Å². The molecule has 0 saturated heterocycles. The van der Waals surface area contributed by atoms with E-state index in [9.17, 15) is 14.7 Å². The fourth-order valence-electron chi connectivity index (χ4n) is 4.53. The number of hydrogen-bond acceptors (Lipinski definition) is 5. The smallest absolute Gasteiger partial charge is 0.336 e. The summed E-state index contributed by atoms with van der Waals surface area (Å²) in [5.74, 6) is -1.05. The molecule has 4 rings (SSSR count). The number of carbonyl (C=O) groups excluding carboxylic acids is 1. The van der Waals surface area contributed by atoms with Gasteiger partial charge in [0.1, 0.15) is 5.82 Å². The number of carboxylic acids is 1. The summed E-state index contributed by atoms with van der Waals surface area (Å²) < 4.78 is 23.1. The summed E-state index contributed by atoms with van der Waals surface area (Å²) in [6, 6.07) is 11.7. The predicted octanol–water partition coefficient (Wildman–Crippen LogP) is 5.67. The van der Waals surface area contributed by atoms with Crippen LogP contribution < -0.4 is 10.1 Å². The van der Waals surface area contributed by atoms with Gasteiger partial charge in [-0.3, -0.25) is 9.36 Å². The number of thiol groups is 1. The summed E-state index contributed by atoms with van der Waals surface area (Å²) in [4.78, 5) is 29.1. The minimum atomic E-state index is -1.07. The van der Waals surface area contributed by atoms with Crippen LogP contribution in [0.5, 0.6) is 6.01 Å². The van der Waals surface area contributed by atoms with Crippen LogP contribution in [0.25, 0.3) is 11.1 Å². The third-order valence-electron chi connectivity index (χ3n) is 6.58. The minimum absolute atomic E-state index is 0.111. The average molecular weight is 540 g/mol. The Hall–Kier alpha value is -3.33. The number of nitrogens with zero attached hydrogens (tertiary/aromatic N) is 2. The number of aromatic carboxylic acids is 1. The molecule has 2 N–H and O–H groups in total. The van der Waals surface area contributed by atoms with Crippen molar-refractivity contribution in [3.05, 3.63) is 70.8 Å². The van der Waals surface area contributed by atoms with E-state index in [0.29, 0.717) is 47.6 Å². The van der Waals surface area contributed by atoms with E-state index in [1.54, 1.807) is 30.3 Å². The quantitative estimate of drug-likeness (QED) is 0.258. The largest absolute Gasteiger partial charge is 0.478 e. The van der Waals surface area contributed by atoms with Gasteiger partial charge in [-0.25, -0.2) is 9.18 Å². The molecule has 1 aliphatic rings. The van der Waals surface area contributed by atoms with Gasteiger partial charge in [0.2, 0.25) is 5.91 Å². The molecule has 0 bridgehead atoms. The molecule has 9 heteroatoms. The maximum absolute atomic E-state index is 15.4. The summed E-state index contributed by atoms with van der Waals surface area (Å²) in [6.45, 7) is 6.75. The topological polar surface area (TPSA) is 93.5 Å². The SMILES string of the molecule is CCOc1nc(C2CC2)c(CNC(=O)[C@@H](S)CC(C)C)n1Cc1ccc(-c2ccccc2C(=O)O)cc1F. The third kappa shape index (κ3) is 6.38. The molecule has 1 fully saturated rings. The van der Waals surface area contributed by atoms with Crippen molar-refractivity contribution >= 4 is 24.5 Å². The number of benzene rings is 2. The van der Waals surface area contributed by atoms with Crippen LogP contribution in [-0.2, 0) is 17.9 Å². The highest BCUT2D eigenvalue weighted by molar-refractivity contribution is 7.81. The van der Waals surface area contributed by atoms with Gasteiger partial charge in [0.15, 0.2) is 0 Å². The van der Waals surface area contributed by atoms with Crippen molar-refractivity contribution in [2.45, 2.75) is 64.3 Å². The Labute approximate surface area is 227 Å². The van der Waals surface area contributed by atoms with Crippen molar-refractivity contribution < 1.29 is 23.8 Å². The fourth-order valence-corrected chi connectivity index (χ4v) is 5.04. The summed E-state index contributed by atoms with van der Waals surface area (Å²) in [7, 11) is 0. The molecule has 1 amide bonds. The van der Waals surface area contributed by atoms with Gasteiger partial charge in [-0.15, -0.1) is 0 Å². The van der Waals surface area contributed by atoms with E-state index in [4.69, 9.17) is 9.72 Å². The van der Waals surface area contributed by atoms with Crippen molar-refractivity contribution in [2.24, 2.45) is 5.92 Å². The molecule has 0 unspecified atom stereocenters. The molecular formula is C29H34FN3O4S. The zero-order valence-electron chi connectivity index (χ0n) is 21.9. The lowest BCUT2D eigenvalue weighted by atomic mass is 9.98. The molecular weight excluding hydrogens is 505 g/mol. The lowest BCUT2D eigenvalue weighted by Gasteiger charge is -2.17. The standard InChI is InChI=1S/C29H34FN3O4S/c1-4-37-29-32-26(18-9-10-18)24(15-31-27(34)25(38)13-17(2)3)33(29)16-20-12-11-19(14-23(20)30)21-7-5-6-8-22(21)28(35)36/h5-8,11-12,14,17-18,25,38H,4,9-10,13,15-16H2,1-3H3,(H,31,34)(H,35,36)/t25-/m0/s1. The number of carbonyl (C=O) groups is 2. The number of nitrogens with one attached hydrogen (secondary N) is 1. The van der Waals surface area contributed by atoms with Crippen molar-refractivity contribution in [1.82, 2.24) is 14.9 Å². The van der Waals surface area contributed by atoms with Crippen molar-refractivity contribution in [3.8, 4) is 17.1 Å². The second-order valence-electron chi connectivity index (χ2n) is 10.0. The maximum Gasteiger partial charge on any atom is 0.336 e. The normalized spacial score (nSPS) is 13.9. The molecule has 1 aromatic heterocycles. The molecule has 0 aliphatic heterocycles. The molecule has 3 aromatic rings. The number of rotatable bonds is 12. The Morgan fingerprint density at radius 2 is 1.97 bits per heavy atom.